The van der Waals surface area contributed by atoms with Gasteiger partial charge in [-0.05, 0) is 23.1 Å². The van der Waals surface area contributed by atoms with Crippen LogP contribution in [-0.4, -0.2) is 58.1 Å². The summed E-state index contributed by atoms with van der Waals surface area (Å²) in [6, 6.07) is 7.68. The summed E-state index contributed by atoms with van der Waals surface area (Å²) < 4.78 is 38.5. The molecule has 6 nitrogen and oxygen atoms in total. The second-order valence-electron chi connectivity index (χ2n) is 8.36. The van der Waals surface area contributed by atoms with Gasteiger partial charge < -0.3 is 29.9 Å². The van der Waals surface area contributed by atoms with Crippen molar-refractivity contribution in [2.24, 2.45) is 0 Å². The Morgan fingerprint density at radius 3 is 2.41 bits per heavy atom. The zero-order valence-corrected chi connectivity index (χ0v) is 18.1. The van der Waals surface area contributed by atoms with Gasteiger partial charge in [-0.15, -0.1) is 0 Å². The Kier molecular flexibility index (Phi) is 6.46. The van der Waals surface area contributed by atoms with Crippen molar-refractivity contribution in [1.29, 1.82) is 0 Å². The molecular formula is C23H25ClF2O6. The number of benzene rings is 2. The first-order chi connectivity index (χ1) is 15.1. The maximum Gasteiger partial charge on any atom is 0.270 e. The van der Waals surface area contributed by atoms with Crippen molar-refractivity contribution in [3.8, 4) is 5.75 Å². The van der Waals surface area contributed by atoms with E-state index in [0.29, 0.717) is 41.3 Å². The van der Waals surface area contributed by atoms with Gasteiger partial charge >= 0.3 is 0 Å². The fraction of sp³-hybridized carbons (Fsp3) is 0.478. The molecule has 0 aliphatic carbocycles. The summed E-state index contributed by atoms with van der Waals surface area (Å²) in [5, 5.41) is 40.8. The molecule has 2 aliphatic heterocycles. The molecule has 0 bridgehead atoms. The van der Waals surface area contributed by atoms with E-state index in [9.17, 15) is 29.2 Å². The number of fused-ring (bicyclic) bond motifs is 1. The Morgan fingerprint density at radius 2 is 1.78 bits per heavy atom. The number of halogens is 3. The molecule has 4 rings (SSSR count). The van der Waals surface area contributed by atoms with Crippen LogP contribution in [0.1, 0.15) is 40.8 Å². The third-order valence-corrected chi connectivity index (χ3v) is 6.50. The Morgan fingerprint density at radius 1 is 1.09 bits per heavy atom. The SMILES string of the molecule is CC(F)(F)c1ccc(Cc2cc([C@@H]3O[C@H](CO)[C@@H](O)[C@H](O)[C@H]3O)c3c(c2Cl)OCC3)cc1. The molecule has 174 valence electrons. The van der Waals surface area contributed by atoms with Gasteiger partial charge in [0.2, 0.25) is 0 Å². The lowest BCUT2D eigenvalue weighted by atomic mass is 9.87. The third kappa shape index (κ3) is 4.23. The molecule has 2 aromatic carbocycles. The highest BCUT2D eigenvalue weighted by molar-refractivity contribution is 6.33. The molecule has 2 aromatic rings. The fourth-order valence-electron chi connectivity index (χ4n) is 4.29. The lowest BCUT2D eigenvalue weighted by Gasteiger charge is -2.40. The van der Waals surface area contributed by atoms with E-state index in [2.05, 4.69) is 0 Å². The van der Waals surface area contributed by atoms with E-state index >= 15 is 0 Å². The summed E-state index contributed by atoms with van der Waals surface area (Å²) in [4.78, 5) is 0. The molecule has 32 heavy (non-hydrogen) atoms. The second kappa shape index (κ2) is 8.85. The van der Waals surface area contributed by atoms with Gasteiger partial charge in [0.15, 0.2) is 0 Å². The van der Waals surface area contributed by atoms with E-state index in [0.717, 1.165) is 18.1 Å². The first-order valence-electron chi connectivity index (χ1n) is 10.4. The van der Waals surface area contributed by atoms with Crippen molar-refractivity contribution in [2.75, 3.05) is 13.2 Å². The Labute approximate surface area is 189 Å². The van der Waals surface area contributed by atoms with Crippen molar-refractivity contribution in [1.82, 2.24) is 0 Å². The first kappa shape index (κ1) is 23.4. The minimum absolute atomic E-state index is 0.0911. The van der Waals surface area contributed by atoms with Crippen LogP contribution in [0.3, 0.4) is 0 Å². The monoisotopic (exact) mass is 470 g/mol. The summed E-state index contributed by atoms with van der Waals surface area (Å²) in [7, 11) is 0. The van der Waals surface area contributed by atoms with Gasteiger partial charge in [0.1, 0.15) is 36.3 Å². The third-order valence-electron chi connectivity index (χ3n) is 6.09. The van der Waals surface area contributed by atoms with Crippen LogP contribution >= 0.6 is 11.6 Å². The van der Waals surface area contributed by atoms with Gasteiger partial charge in [0.05, 0.1) is 18.2 Å². The van der Waals surface area contributed by atoms with Crippen LogP contribution < -0.4 is 4.74 Å². The number of rotatable bonds is 5. The number of alkyl halides is 2. The van der Waals surface area contributed by atoms with Gasteiger partial charge in [0, 0.05) is 24.5 Å². The van der Waals surface area contributed by atoms with Crippen LogP contribution in [0.15, 0.2) is 30.3 Å². The summed E-state index contributed by atoms with van der Waals surface area (Å²) in [6.07, 6.45) is -5.63. The number of aliphatic hydroxyl groups excluding tert-OH is 4. The zero-order chi connectivity index (χ0) is 23.2. The van der Waals surface area contributed by atoms with E-state index in [1.807, 2.05) is 0 Å². The van der Waals surface area contributed by atoms with Crippen LogP contribution in [-0.2, 0) is 23.5 Å². The van der Waals surface area contributed by atoms with Crippen LogP contribution in [0.5, 0.6) is 5.75 Å². The maximum absolute atomic E-state index is 13.5. The van der Waals surface area contributed by atoms with E-state index in [1.54, 1.807) is 18.2 Å². The largest absolute Gasteiger partial charge is 0.491 e. The lowest BCUT2D eigenvalue weighted by Crippen LogP contribution is -2.55. The number of ether oxygens (including phenoxy) is 2. The molecule has 9 heteroatoms. The topological polar surface area (TPSA) is 99.4 Å². The molecule has 2 heterocycles. The molecule has 0 amide bonds. The quantitative estimate of drug-likeness (QED) is 0.536. The predicted octanol–water partition coefficient (Wildman–Crippen LogP) is 2.49. The molecule has 1 saturated heterocycles. The van der Waals surface area contributed by atoms with E-state index in [4.69, 9.17) is 21.1 Å². The van der Waals surface area contributed by atoms with Crippen LogP contribution in [0.25, 0.3) is 0 Å². The van der Waals surface area contributed by atoms with E-state index in [-0.39, 0.29) is 5.56 Å². The van der Waals surface area contributed by atoms with Gasteiger partial charge in [-0.1, -0.05) is 41.9 Å². The molecule has 0 spiro atoms. The van der Waals surface area contributed by atoms with E-state index in [1.165, 1.54) is 12.1 Å². The molecular weight excluding hydrogens is 446 g/mol. The van der Waals surface area contributed by atoms with Crippen LogP contribution in [0.2, 0.25) is 5.02 Å². The highest BCUT2D eigenvalue weighted by Gasteiger charge is 2.45. The Balaban J connectivity index is 1.71. The summed E-state index contributed by atoms with van der Waals surface area (Å²) >= 11 is 6.59. The van der Waals surface area contributed by atoms with Crippen LogP contribution in [0.4, 0.5) is 8.78 Å². The highest BCUT2D eigenvalue weighted by atomic mass is 35.5. The standard InChI is InChI=1S/C23H25ClF2O6/c1-23(25,26)13-4-2-11(3-5-13)8-12-9-15(14-6-7-31-21(14)17(12)24)22-20(30)19(29)18(28)16(10-27)32-22/h2-5,9,16,18-20,22,27-30H,6-8,10H2,1H3/t16-,18-,19+,20-,22+/m1/s1. The number of hydrogen-bond donors (Lipinski definition) is 4. The van der Waals surface area contributed by atoms with Crippen molar-refractivity contribution in [3.63, 3.8) is 0 Å². The average molecular weight is 471 g/mol. The molecule has 4 N–H and O–H groups in total. The second-order valence-corrected chi connectivity index (χ2v) is 8.73. The maximum atomic E-state index is 13.5. The van der Waals surface area contributed by atoms with Crippen LogP contribution in [0, 0.1) is 0 Å². The summed E-state index contributed by atoms with van der Waals surface area (Å²) in [5.74, 6) is -2.48. The minimum Gasteiger partial charge on any atom is -0.491 e. The molecule has 0 saturated carbocycles. The van der Waals surface area contributed by atoms with Gasteiger partial charge in [-0.3, -0.25) is 0 Å². The highest BCUT2D eigenvalue weighted by Crippen LogP contribution is 2.44. The number of aliphatic hydroxyl groups is 4. The summed E-state index contributed by atoms with van der Waals surface area (Å²) in [5.41, 5.74) is 2.56. The average Bonchev–Trinajstić information content (AvgIpc) is 3.25. The van der Waals surface area contributed by atoms with Crippen molar-refractivity contribution < 1.29 is 38.7 Å². The van der Waals surface area contributed by atoms with Crippen molar-refractivity contribution in [2.45, 2.75) is 56.2 Å². The van der Waals surface area contributed by atoms with Gasteiger partial charge in [0.25, 0.3) is 5.92 Å². The summed E-state index contributed by atoms with van der Waals surface area (Å²) in [6.45, 7) is 0.682. The van der Waals surface area contributed by atoms with Crippen molar-refractivity contribution in [3.05, 3.63) is 63.2 Å². The molecule has 0 radical (unpaired) electrons. The first-order valence-corrected chi connectivity index (χ1v) is 10.7. The fourth-order valence-corrected chi connectivity index (χ4v) is 4.58. The Bertz CT molecular complexity index is 976. The van der Waals surface area contributed by atoms with Gasteiger partial charge in [-0.25, -0.2) is 8.78 Å². The number of hydrogen-bond acceptors (Lipinski definition) is 6. The predicted molar refractivity (Wildman–Crippen MR) is 112 cm³/mol. The van der Waals surface area contributed by atoms with Gasteiger partial charge in [-0.2, -0.15) is 0 Å². The smallest absolute Gasteiger partial charge is 0.270 e. The molecule has 0 aromatic heterocycles. The van der Waals surface area contributed by atoms with Crippen molar-refractivity contribution >= 4 is 11.6 Å². The molecule has 5 atom stereocenters. The molecule has 2 aliphatic rings. The molecule has 1 fully saturated rings. The zero-order valence-electron chi connectivity index (χ0n) is 17.3. The Hall–Kier alpha value is -1.81. The lowest BCUT2D eigenvalue weighted by molar-refractivity contribution is -0.231. The molecule has 0 unspecified atom stereocenters. The normalized spacial score (nSPS) is 27.8. The minimum atomic E-state index is -2.94. The van der Waals surface area contributed by atoms with E-state index < -0.39 is 43.0 Å².